The summed E-state index contributed by atoms with van der Waals surface area (Å²) in [6, 6.07) is 9.14. The zero-order valence-corrected chi connectivity index (χ0v) is 9.90. The number of nitrogens with zero attached hydrogens (tertiary/aromatic N) is 2. The first-order valence-electron chi connectivity index (χ1n) is 5.37. The minimum Gasteiger partial charge on any atom is -0.315 e. The van der Waals surface area contributed by atoms with Crippen LogP contribution in [0.15, 0.2) is 24.3 Å². The van der Waals surface area contributed by atoms with Crippen LogP contribution in [0.2, 0.25) is 0 Å². The number of amides is 1. The van der Waals surface area contributed by atoms with Crippen LogP contribution >= 0.6 is 0 Å². The van der Waals surface area contributed by atoms with Gasteiger partial charge in [-0.25, -0.2) is 0 Å². The summed E-state index contributed by atoms with van der Waals surface area (Å²) < 4.78 is 0. The van der Waals surface area contributed by atoms with Crippen LogP contribution in [0, 0.1) is 17.2 Å². The lowest BCUT2D eigenvalue weighted by molar-refractivity contribution is -0.121. The van der Waals surface area contributed by atoms with E-state index in [1.54, 1.807) is 30.1 Å². The molecule has 0 radical (unpaired) electrons. The first kappa shape index (κ1) is 12.3. The maximum absolute atomic E-state index is 11.9. The quantitative estimate of drug-likeness (QED) is 0.779. The maximum atomic E-state index is 11.9. The van der Waals surface area contributed by atoms with Crippen molar-refractivity contribution in [2.45, 2.75) is 20.3 Å². The fourth-order valence-electron chi connectivity index (χ4n) is 1.42. The Kier molecular flexibility index (Phi) is 4.07. The molecule has 0 N–H and O–H groups in total. The van der Waals surface area contributed by atoms with E-state index >= 15 is 0 Å². The largest absolute Gasteiger partial charge is 0.315 e. The van der Waals surface area contributed by atoms with E-state index in [-0.39, 0.29) is 11.8 Å². The SMILES string of the molecule is CCC(C)C(=O)N(C)c1cccc(C#N)c1. The molecule has 1 unspecified atom stereocenters. The Bertz CT molecular complexity index is 420. The van der Waals surface area contributed by atoms with Gasteiger partial charge in [0.15, 0.2) is 0 Å². The van der Waals surface area contributed by atoms with E-state index in [4.69, 9.17) is 5.26 Å². The standard InChI is InChI=1S/C13H16N2O/c1-4-10(2)13(16)15(3)12-7-5-6-11(8-12)9-14/h5-8,10H,4H2,1-3H3. The maximum Gasteiger partial charge on any atom is 0.229 e. The molecule has 0 bridgehead atoms. The van der Waals surface area contributed by atoms with E-state index in [1.807, 2.05) is 19.9 Å². The minimum atomic E-state index is 0.00995. The molecule has 0 aromatic heterocycles. The summed E-state index contributed by atoms with van der Waals surface area (Å²) in [5.74, 6) is 0.0910. The molecule has 0 saturated carbocycles. The number of anilines is 1. The molecule has 1 aromatic carbocycles. The first-order chi connectivity index (χ1) is 7.60. The van der Waals surface area contributed by atoms with Gasteiger partial charge in [-0.2, -0.15) is 5.26 Å². The van der Waals surface area contributed by atoms with E-state index in [0.717, 1.165) is 12.1 Å². The highest BCUT2D eigenvalue weighted by Gasteiger charge is 2.16. The van der Waals surface area contributed by atoms with Crippen LogP contribution in [0.25, 0.3) is 0 Å². The number of hydrogen-bond donors (Lipinski definition) is 0. The molecule has 0 fully saturated rings. The molecule has 16 heavy (non-hydrogen) atoms. The van der Waals surface area contributed by atoms with E-state index < -0.39 is 0 Å². The van der Waals surface area contributed by atoms with Crippen molar-refractivity contribution in [1.29, 1.82) is 5.26 Å². The van der Waals surface area contributed by atoms with Gasteiger partial charge in [-0.1, -0.05) is 19.9 Å². The molecule has 0 aliphatic heterocycles. The highest BCUT2D eigenvalue weighted by Crippen LogP contribution is 2.17. The van der Waals surface area contributed by atoms with Gasteiger partial charge in [-0.05, 0) is 24.6 Å². The highest BCUT2D eigenvalue weighted by atomic mass is 16.2. The van der Waals surface area contributed by atoms with Crippen LogP contribution in [0.4, 0.5) is 5.69 Å². The van der Waals surface area contributed by atoms with Crippen LogP contribution in [0.1, 0.15) is 25.8 Å². The molecule has 1 rings (SSSR count). The lowest BCUT2D eigenvalue weighted by Gasteiger charge is -2.20. The lowest BCUT2D eigenvalue weighted by atomic mass is 10.1. The monoisotopic (exact) mass is 216 g/mol. The van der Waals surface area contributed by atoms with Gasteiger partial charge in [0.05, 0.1) is 11.6 Å². The molecular formula is C13H16N2O. The molecule has 1 amide bonds. The van der Waals surface area contributed by atoms with Crippen molar-refractivity contribution in [2.75, 3.05) is 11.9 Å². The minimum absolute atomic E-state index is 0.00995. The molecule has 0 heterocycles. The zero-order valence-electron chi connectivity index (χ0n) is 9.90. The Hall–Kier alpha value is -1.82. The van der Waals surface area contributed by atoms with Crippen molar-refractivity contribution in [1.82, 2.24) is 0 Å². The summed E-state index contributed by atoms with van der Waals surface area (Å²) in [4.78, 5) is 13.5. The molecule has 3 heteroatoms. The number of carbonyl (C=O) groups excluding carboxylic acids is 1. The van der Waals surface area contributed by atoms with Crippen molar-refractivity contribution in [3.63, 3.8) is 0 Å². The average Bonchev–Trinajstić information content (AvgIpc) is 2.36. The fourth-order valence-corrected chi connectivity index (χ4v) is 1.42. The third kappa shape index (κ3) is 2.60. The van der Waals surface area contributed by atoms with Gasteiger partial charge in [-0.3, -0.25) is 4.79 Å². The smallest absolute Gasteiger partial charge is 0.229 e. The van der Waals surface area contributed by atoms with Crippen LogP contribution in [-0.2, 0) is 4.79 Å². The molecule has 0 spiro atoms. The van der Waals surface area contributed by atoms with E-state index in [0.29, 0.717) is 5.56 Å². The zero-order chi connectivity index (χ0) is 12.1. The second-order valence-corrected chi connectivity index (χ2v) is 3.87. The Labute approximate surface area is 96.3 Å². The molecule has 0 saturated heterocycles. The third-order valence-corrected chi connectivity index (χ3v) is 2.73. The van der Waals surface area contributed by atoms with Gasteiger partial charge >= 0.3 is 0 Å². The predicted octanol–water partition coefficient (Wildman–Crippen LogP) is 2.57. The molecule has 84 valence electrons. The number of nitriles is 1. The molecule has 0 aliphatic rings. The van der Waals surface area contributed by atoms with Gasteiger partial charge in [0.25, 0.3) is 0 Å². The van der Waals surface area contributed by atoms with Gasteiger partial charge in [0.2, 0.25) is 5.91 Å². The van der Waals surface area contributed by atoms with E-state index in [9.17, 15) is 4.79 Å². The normalized spacial score (nSPS) is 11.6. The Balaban J connectivity index is 2.92. The predicted molar refractivity (Wildman–Crippen MR) is 64.0 cm³/mol. The summed E-state index contributed by atoms with van der Waals surface area (Å²) in [6.07, 6.45) is 0.821. The van der Waals surface area contributed by atoms with Crippen LogP contribution < -0.4 is 4.90 Å². The molecular weight excluding hydrogens is 200 g/mol. The molecule has 1 atom stereocenters. The first-order valence-corrected chi connectivity index (χ1v) is 5.37. The van der Waals surface area contributed by atoms with Gasteiger partial charge < -0.3 is 4.90 Å². The lowest BCUT2D eigenvalue weighted by Crippen LogP contribution is -2.31. The van der Waals surface area contributed by atoms with Crippen LogP contribution in [0.3, 0.4) is 0 Å². The number of benzene rings is 1. The summed E-state index contributed by atoms with van der Waals surface area (Å²) in [5.41, 5.74) is 1.34. The molecule has 3 nitrogen and oxygen atoms in total. The van der Waals surface area contributed by atoms with Crippen LogP contribution in [-0.4, -0.2) is 13.0 Å². The van der Waals surface area contributed by atoms with Gasteiger partial charge in [-0.15, -0.1) is 0 Å². The number of carbonyl (C=O) groups is 1. The van der Waals surface area contributed by atoms with Crippen molar-refractivity contribution in [2.24, 2.45) is 5.92 Å². The van der Waals surface area contributed by atoms with Crippen molar-refractivity contribution >= 4 is 11.6 Å². The summed E-state index contributed by atoms with van der Waals surface area (Å²) >= 11 is 0. The van der Waals surface area contributed by atoms with Crippen molar-refractivity contribution in [3.8, 4) is 6.07 Å². The highest BCUT2D eigenvalue weighted by molar-refractivity contribution is 5.94. The fraction of sp³-hybridized carbons (Fsp3) is 0.385. The van der Waals surface area contributed by atoms with Gasteiger partial charge in [0.1, 0.15) is 0 Å². The van der Waals surface area contributed by atoms with Crippen molar-refractivity contribution in [3.05, 3.63) is 29.8 Å². The molecule has 0 aliphatic carbocycles. The van der Waals surface area contributed by atoms with E-state index in [1.165, 1.54) is 0 Å². The second kappa shape index (κ2) is 5.32. The summed E-state index contributed by atoms with van der Waals surface area (Å²) in [7, 11) is 1.74. The second-order valence-electron chi connectivity index (χ2n) is 3.87. The van der Waals surface area contributed by atoms with E-state index in [2.05, 4.69) is 6.07 Å². The van der Waals surface area contributed by atoms with Gasteiger partial charge in [0, 0.05) is 18.7 Å². The van der Waals surface area contributed by atoms with Crippen molar-refractivity contribution < 1.29 is 4.79 Å². The summed E-state index contributed by atoms with van der Waals surface area (Å²) in [6.45, 7) is 3.90. The Morgan fingerprint density at radius 2 is 2.25 bits per heavy atom. The Morgan fingerprint density at radius 3 is 2.81 bits per heavy atom. The van der Waals surface area contributed by atoms with Crippen LogP contribution in [0.5, 0.6) is 0 Å². The topological polar surface area (TPSA) is 44.1 Å². The average molecular weight is 216 g/mol. The Morgan fingerprint density at radius 1 is 1.56 bits per heavy atom. The summed E-state index contributed by atoms with van der Waals surface area (Å²) in [5, 5.41) is 8.78. The molecule has 1 aromatic rings. The number of hydrogen-bond acceptors (Lipinski definition) is 2. The third-order valence-electron chi connectivity index (χ3n) is 2.73. The number of rotatable bonds is 3.